The molecule has 22 heavy (non-hydrogen) atoms. The molecule has 5 nitrogen and oxygen atoms in total. The predicted octanol–water partition coefficient (Wildman–Crippen LogP) is 2.32. The molecule has 0 spiro atoms. The lowest BCUT2D eigenvalue weighted by Crippen LogP contribution is -2.45. The van der Waals surface area contributed by atoms with Gasteiger partial charge < -0.3 is 16.4 Å². The first-order valence-corrected chi connectivity index (χ1v) is 7.41. The molecule has 0 aliphatic carbocycles. The minimum Gasteiger partial charge on any atom is -0.355 e. The first-order chi connectivity index (χ1) is 10.1. The molecule has 0 heterocycles. The van der Waals surface area contributed by atoms with Crippen LogP contribution >= 0.6 is 12.4 Å². The van der Waals surface area contributed by atoms with Crippen LogP contribution in [0.15, 0.2) is 30.3 Å². The number of benzene rings is 1. The molecule has 0 aliphatic heterocycles. The highest BCUT2D eigenvalue weighted by atomic mass is 35.5. The minimum absolute atomic E-state index is 0. The van der Waals surface area contributed by atoms with Crippen LogP contribution in [-0.2, 0) is 9.59 Å². The lowest BCUT2D eigenvalue weighted by Gasteiger charge is -2.28. The zero-order chi connectivity index (χ0) is 15.7. The van der Waals surface area contributed by atoms with Gasteiger partial charge in [-0.05, 0) is 25.0 Å². The maximum absolute atomic E-state index is 12.2. The normalized spacial score (nSPS) is 10.5. The summed E-state index contributed by atoms with van der Waals surface area (Å²) in [5, 5.41) is 5.59. The molecule has 6 heteroatoms. The third-order valence-corrected chi connectivity index (χ3v) is 3.92. The number of carbonyl (C=O) groups excluding carboxylic acids is 2. The van der Waals surface area contributed by atoms with Crippen molar-refractivity contribution in [2.24, 2.45) is 11.1 Å². The van der Waals surface area contributed by atoms with Crippen LogP contribution in [-0.4, -0.2) is 24.9 Å². The van der Waals surface area contributed by atoms with E-state index in [-0.39, 0.29) is 30.6 Å². The number of halogens is 1. The molecule has 0 radical (unpaired) electrons. The van der Waals surface area contributed by atoms with E-state index in [4.69, 9.17) is 5.73 Å². The summed E-state index contributed by atoms with van der Waals surface area (Å²) < 4.78 is 0. The van der Waals surface area contributed by atoms with E-state index in [0.29, 0.717) is 25.9 Å². The fraction of sp³-hybridized carbons (Fsp3) is 0.500. The third-order valence-electron chi connectivity index (χ3n) is 3.92. The molecule has 0 bridgehead atoms. The third kappa shape index (κ3) is 5.66. The molecule has 124 valence electrons. The Morgan fingerprint density at radius 1 is 1.14 bits per heavy atom. The molecule has 0 aliphatic rings. The van der Waals surface area contributed by atoms with E-state index in [9.17, 15) is 9.59 Å². The van der Waals surface area contributed by atoms with Crippen molar-refractivity contribution in [1.82, 2.24) is 5.32 Å². The highest BCUT2D eigenvalue weighted by Gasteiger charge is 2.32. The maximum Gasteiger partial charge on any atom is 0.227 e. The average molecular weight is 328 g/mol. The first-order valence-electron chi connectivity index (χ1n) is 7.41. The molecular formula is C16H26ClN3O2. The fourth-order valence-electron chi connectivity index (χ4n) is 2.17. The van der Waals surface area contributed by atoms with Crippen LogP contribution in [0.2, 0.25) is 0 Å². The molecule has 1 aromatic rings. The van der Waals surface area contributed by atoms with Crippen molar-refractivity contribution in [3.05, 3.63) is 30.3 Å². The summed E-state index contributed by atoms with van der Waals surface area (Å²) >= 11 is 0. The Morgan fingerprint density at radius 2 is 1.73 bits per heavy atom. The lowest BCUT2D eigenvalue weighted by atomic mass is 9.81. The summed E-state index contributed by atoms with van der Waals surface area (Å²) in [4.78, 5) is 23.9. The van der Waals surface area contributed by atoms with Gasteiger partial charge >= 0.3 is 0 Å². The highest BCUT2D eigenvalue weighted by Crippen LogP contribution is 2.24. The molecule has 0 aromatic heterocycles. The van der Waals surface area contributed by atoms with Crippen molar-refractivity contribution in [2.45, 2.75) is 33.1 Å². The van der Waals surface area contributed by atoms with Crippen LogP contribution in [0.1, 0.15) is 33.1 Å². The van der Waals surface area contributed by atoms with Crippen LogP contribution in [0.25, 0.3) is 0 Å². The Hall–Kier alpha value is -1.59. The summed E-state index contributed by atoms with van der Waals surface area (Å²) in [6, 6.07) is 9.25. The monoisotopic (exact) mass is 327 g/mol. The smallest absolute Gasteiger partial charge is 0.227 e. The van der Waals surface area contributed by atoms with Crippen molar-refractivity contribution in [3.8, 4) is 0 Å². The van der Waals surface area contributed by atoms with Gasteiger partial charge in [0.05, 0.1) is 5.41 Å². The van der Waals surface area contributed by atoms with Gasteiger partial charge in [0.1, 0.15) is 0 Å². The van der Waals surface area contributed by atoms with Gasteiger partial charge in [-0.25, -0.2) is 0 Å². The molecule has 4 N–H and O–H groups in total. The van der Waals surface area contributed by atoms with E-state index < -0.39 is 5.41 Å². The lowest BCUT2D eigenvalue weighted by molar-refractivity contribution is -0.131. The van der Waals surface area contributed by atoms with Crippen LogP contribution in [0.3, 0.4) is 0 Å². The van der Waals surface area contributed by atoms with E-state index in [2.05, 4.69) is 10.6 Å². The quantitative estimate of drug-likeness (QED) is 0.685. The topological polar surface area (TPSA) is 84.2 Å². The van der Waals surface area contributed by atoms with Crippen molar-refractivity contribution < 1.29 is 9.59 Å². The molecule has 2 amide bonds. The van der Waals surface area contributed by atoms with Gasteiger partial charge in [-0.1, -0.05) is 32.0 Å². The minimum atomic E-state index is -0.518. The SMILES string of the molecule is CCC(CC)(CN)C(=O)NCCC(=O)Nc1ccccc1.Cl. The number of para-hydroxylation sites is 1. The van der Waals surface area contributed by atoms with E-state index in [0.717, 1.165) is 5.69 Å². The molecule has 0 saturated carbocycles. The maximum atomic E-state index is 12.2. The second kappa shape index (κ2) is 10.2. The van der Waals surface area contributed by atoms with Crippen LogP contribution < -0.4 is 16.4 Å². The van der Waals surface area contributed by atoms with Gasteiger partial charge in [-0.3, -0.25) is 9.59 Å². The molecule has 0 saturated heterocycles. The Morgan fingerprint density at radius 3 is 2.23 bits per heavy atom. The van der Waals surface area contributed by atoms with Crippen molar-refractivity contribution in [2.75, 3.05) is 18.4 Å². The van der Waals surface area contributed by atoms with Gasteiger partial charge in [0.15, 0.2) is 0 Å². The molecule has 0 atom stereocenters. The number of rotatable bonds is 8. The van der Waals surface area contributed by atoms with Gasteiger partial charge in [0.2, 0.25) is 11.8 Å². The number of hydrogen-bond donors (Lipinski definition) is 3. The number of hydrogen-bond acceptors (Lipinski definition) is 3. The van der Waals surface area contributed by atoms with E-state index in [1.54, 1.807) is 0 Å². The molecule has 0 unspecified atom stereocenters. The van der Waals surface area contributed by atoms with E-state index in [1.165, 1.54) is 0 Å². The second-order valence-electron chi connectivity index (χ2n) is 5.11. The van der Waals surface area contributed by atoms with Gasteiger partial charge in [0, 0.05) is 25.2 Å². The van der Waals surface area contributed by atoms with Crippen LogP contribution in [0, 0.1) is 5.41 Å². The zero-order valence-corrected chi connectivity index (χ0v) is 14.0. The Labute approximate surface area is 138 Å². The summed E-state index contributed by atoms with van der Waals surface area (Å²) in [6.07, 6.45) is 1.64. The molecule has 1 rings (SSSR count). The molecule has 0 fully saturated rings. The number of nitrogens with one attached hydrogen (secondary N) is 2. The fourth-order valence-corrected chi connectivity index (χ4v) is 2.17. The van der Waals surface area contributed by atoms with Crippen LogP contribution in [0.5, 0.6) is 0 Å². The molecular weight excluding hydrogens is 302 g/mol. The molecule has 1 aromatic carbocycles. The number of anilines is 1. The van der Waals surface area contributed by atoms with E-state index in [1.807, 2.05) is 44.2 Å². The number of amides is 2. The van der Waals surface area contributed by atoms with Gasteiger partial charge in [-0.15, -0.1) is 12.4 Å². The van der Waals surface area contributed by atoms with E-state index >= 15 is 0 Å². The zero-order valence-electron chi connectivity index (χ0n) is 13.2. The first kappa shape index (κ1) is 20.4. The standard InChI is InChI=1S/C16H25N3O2.ClH/c1-3-16(4-2,12-17)15(21)18-11-10-14(20)19-13-8-6-5-7-9-13;/h5-9H,3-4,10-12,17H2,1-2H3,(H,18,21)(H,19,20);1H. The largest absolute Gasteiger partial charge is 0.355 e. The summed E-state index contributed by atoms with van der Waals surface area (Å²) in [5.74, 6) is -0.185. The van der Waals surface area contributed by atoms with Gasteiger partial charge in [-0.2, -0.15) is 0 Å². The number of carbonyl (C=O) groups is 2. The van der Waals surface area contributed by atoms with Crippen molar-refractivity contribution >= 4 is 29.9 Å². The van der Waals surface area contributed by atoms with Crippen molar-refractivity contribution in [1.29, 1.82) is 0 Å². The summed E-state index contributed by atoms with van der Waals surface area (Å²) in [7, 11) is 0. The van der Waals surface area contributed by atoms with Crippen LogP contribution in [0.4, 0.5) is 5.69 Å². The Bertz CT molecular complexity index is 453. The number of nitrogens with two attached hydrogens (primary N) is 1. The Balaban J connectivity index is 0.00000441. The summed E-state index contributed by atoms with van der Waals surface area (Å²) in [6.45, 7) is 4.55. The van der Waals surface area contributed by atoms with Gasteiger partial charge in [0.25, 0.3) is 0 Å². The highest BCUT2D eigenvalue weighted by molar-refractivity contribution is 5.91. The average Bonchev–Trinajstić information content (AvgIpc) is 2.50. The Kier molecular flexibility index (Phi) is 9.45. The van der Waals surface area contributed by atoms with Crippen molar-refractivity contribution in [3.63, 3.8) is 0 Å². The predicted molar refractivity (Wildman–Crippen MR) is 92.0 cm³/mol. The second-order valence-corrected chi connectivity index (χ2v) is 5.11. The summed E-state index contributed by atoms with van der Waals surface area (Å²) in [5.41, 5.74) is 5.96.